The average Bonchev–Trinajstić information content (AvgIpc) is 3.51. The first-order valence-corrected chi connectivity index (χ1v) is 10.1. The van der Waals surface area contributed by atoms with Crippen LogP contribution in [0.15, 0.2) is 66.7 Å². The zero-order valence-electron chi connectivity index (χ0n) is 16.6. The number of nitrogens with one attached hydrogen (secondary N) is 1. The first kappa shape index (κ1) is 19.3. The number of hydrogen-bond donors (Lipinski definition) is 2. The summed E-state index contributed by atoms with van der Waals surface area (Å²) in [6.45, 7) is 0.155. The van der Waals surface area contributed by atoms with Crippen LogP contribution in [-0.2, 0) is 14.9 Å². The topological polar surface area (TPSA) is 75.6 Å². The van der Waals surface area contributed by atoms with Crippen molar-refractivity contribution in [3.8, 4) is 11.1 Å². The molecule has 1 fully saturated rings. The molecular formula is C25H20FNO4. The number of amides is 1. The van der Waals surface area contributed by atoms with Gasteiger partial charge in [0.25, 0.3) is 0 Å². The highest BCUT2D eigenvalue weighted by Crippen LogP contribution is 2.49. The minimum atomic E-state index is -1.13. The Kier molecular flexibility index (Phi) is 4.50. The van der Waals surface area contributed by atoms with Crippen LogP contribution in [-0.4, -0.2) is 23.8 Å². The van der Waals surface area contributed by atoms with Gasteiger partial charge in [-0.2, -0.15) is 0 Å². The molecule has 2 aliphatic carbocycles. The molecule has 31 heavy (non-hydrogen) atoms. The minimum absolute atomic E-state index is 0.0671. The number of halogens is 1. The Morgan fingerprint density at radius 3 is 2.16 bits per heavy atom. The van der Waals surface area contributed by atoms with E-state index in [1.165, 1.54) is 12.1 Å². The Balaban J connectivity index is 1.28. The second-order valence-corrected chi connectivity index (χ2v) is 8.03. The lowest BCUT2D eigenvalue weighted by molar-refractivity contribution is -0.140. The number of anilines is 1. The predicted molar refractivity (Wildman–Crippen MR) is 114 cm³/mol. The maximum atomic E-state index is 14.5. The molecule has 0 aliphatic heterocycles. The number of carboxylic acid groups (broad SMARTS) is 1. The van der Waals surface area contributed by atoms with Gasteiger partial charge in [0, 0.05) is 17.2 Å². The molecule has 156 valence electrons. The molecule has 0 spiro atoms. The number of fused-ring (bicyclic) bond motifs is 3. The third-order valence-electron chi connectivity index (χ3n) is 6.23. The van der Waals surface area contributed by atoms with Gasteiger partial charge in [0.2, 0.25) is 0 Å². The van der Waals surface area contributed by atoms with Gasteiger partial charge in [-0.15, -0.1) is 0 Å². The van der Waals surface area contributed by atoms with Crippen LogP contribution in [0.5, 0.6) is 0 Å². The van der Waals surface area contributed by atoms with E-state index >= 15 is 0 Å². The van der Waals surface area contributed by atoms with Gasteiger partial charge in [0.1, 0.15) is 12.4 Å². The molecule has 0 aromatic heterocycles. The SMILES string of the molecule is O=C(Nc1ccc(C2(C(=O)O)CC2)c(F)c1)OCC1c2ccccc2-c2ccccc21. The molecule has 2 aliphatic rings. The van der Waals surface area contributed by atoms with Gasteiger partial charge in [-0.05, 0) is 47.2 Å². The van der Waals surface area contributed by atoms with Crippen molar-refractivity contribution in [3.63, 3.8) is 0 Å². The molecule has 6 heteroatoms. The van der Waals surface area contributed by atoms with Gasteiger partial charge in [0.05, 0.1) is 5.41 Å². The van der Waals surface area contributed by atoms with E-state index in [2.05, 4.69) is 17.4 Å². The third kappa shape index (κ3) is 3.24. The lowest BCUT2D eigenvalue weighted by Gasteiger charge is -2.15. The zero-order chi connectivity index (χ0) is 21.6. The van der Waals surface area contributed by atoms with Crippen LogP contribution in [0.4, 0.5) is 14.9 Å². The Labute approximate surface area is 178 Å². The summed E-state index contributed by atoms with van der Waals surface area (Å²) in [4.78, 5) is 23.8. The molecule has 5 nitrogen and oxygen atoms in total. The fourth-order valence-electron chi connectivity index (χ4n) is 4.46. The van der Waals surface area contributed by atoms with Crippen LogP contribution in [0.3, 0.4) is 0 Å². The van der Waals surface area contributed by atoms with E-state index in [-0.39, 0.29) is 23.8 Å². The van der Waals surface area contributed by atoms with Gasteiger partial charge >= 0.3 is 12.1 Å². The monoisotopic (exact) mass is 417 g/mol. The van der Waals surface area contributed by atoms with Crippen LogP contribution in [0.2, 0.25) is 0 Å². The molecule has 0 unspecified atom stereocenters. The maximum absolute atomic E-state index is 14.5. The zero-order valence-corrected chi connectivity index (χ0v) is 16.6. The van der Waals surface area contributed by atoms with Gasteiger partial charge in [-0.1, -0.05) is 54.6 Å². The van der Waals surface area contributed by atoms with Crippen LogP contribution in [0.1, 0.15) is 35.4 Å². The summed E-state index contributed by atoms with van der Waals surface area (Å²) in [5, 5.41) is 11.9. The van der Waals surface area contributed by atoms with Crippen molar-refractivity contribution in [2.75, 3.05) is 11.9 Å². The Morgan fingerprint density at radius 1 is 1.00 bits per heavy atom. The minimum Gasteiger partial charge on any atom is -0.481 e. The molecule has 1 amide bonds. The molecule has 1 saturated carbocycles. The normalized spacial score (nSPS) is 15.6. The third-order valence-corrected chi connectivity index (χ3v) is 6.23. The van der Waals surface area contributed by atoms with Gasteiger partial charge in [-0.3, -0.25) is 10.1 Å². The van der Waals surface area contributed by atoms with E-state index in [1.807, 2.05) is 36.4 Å². The van der Waals surface area contributed by atoms with Crippen molar-refractivity contribution in [1.29, 1.82) is 0 Å². The van der Waals surface area contributed by atoms with Crippen molar-refractivity contribution in [3.05, 3.63) is 89.2 Å². The van der Waals surface area contributed by atoms with Crippen LogP contribution >= 0.6 is 0 Å². The summed E-state index contributed by atoms with van der Waals surface area (Å²) in [5.74, 6) is -1.73. The van der Waals surface area contributed by atoms with Crippen LogP contribution in [0.25, 0.3) is 11.1 Å². The molecule has 0 bridgehead atoms. The van der Waals surface area contributed by atoms with Crippen molar-refractivity contribution < 1.29 is 23.8 Å². The van der Waals surface area contributed by atoms with E-state index in [0.717, 1.165) is 28.3 Å². The molecule has 0 heterocycles. The molecular weight excluding hydrogens is 397 g/mol. The molecule has 3 aromatic carbocycles. The molecule has 0 atom stereocenters. The summed E-state index contributed by atoms with van der Waals surface area (Å²) in [6.07, 6.45) is 0.143. The largest absolute Gasteiger partial charge is 0.481 e. The van der Waals surface area contributed by atoms with E-state index in [9.17, 15) is 19.1 Å². The molecule has 0 saturated heterocycles. The maximum Gasteiger partial charge on any atom is 0.411 e. The van der Waals surface area contributed by atoms with Crippen molar-refractivity contribution in [2.45, 2.75) is 24.2 Å². The first-order chi connectivity index (χ1) is 15.0. The van der Waals surface area contributed by atoms with E-state index in [4.69, 9.17) is 4.74 Å². The fraction of sp³-hybridized carbons (Fsp3) is 0.200. The second-order valence-electron chi connectivity index (χ2n) is 8.03. The van der Waals surface area contributed by atoms with Crippen molar-refractivity contribution in [1.82, 2.24) is 0 Å². The summed E-state index contributed by atoms with van der Waals surface area (Å²) >= 11 is 0. The van der Waals surface area contributed by atoms with Crippen molar-refractivity contribution >= 4 is 17.7 Å². The molecule has 3 aromatic rings. The highest BCUT2D eigenvalue weighted by Gasteiger charge is 2.53. The van der Waals surface area contributed by atoms with Crippen LogP contribution in [0, 0.1) is 5.82 Å². The number of carbonyl (C=O) groups excluding carboxylic acids is 1. The Hall–Kier alpha value is -3.67. The summed E-state index contributed by atoms with van der Waals surface area (Å²) in [6, 6.07) is 20.2. The highest BCUT2D eigenvalue weighted by molar-refractivity contribution is 5.87. The van der Waals surface area contributed by atoms with E-state index < -0.39 is 23.3 Å². The summed E-state index contributed by atoms with van der Waals surface area (Å²) in [5.41, 5.74) is 3.73. The predicted octanol–water partition coefficient (Wildman–Crippen LogP) is 5.30. The lowest BCUT2D eigenvalue weighted by atomic mass is 9.95. The number of hydrogen-bond acceptors (Lipinski definition) is 3. The quantitative estimate of drug-likeness (QED) is 0.590. The van der Waals surface area contributed by atoms with E-state index in [0.29, 0.717) is 12.8 Å². The Morgan fingerprint density at radius 2 is 1.61 bits per heavy atom. The fourth-order valence-corrected chi connectivity index (χ4v) is 4.46. The summed E-state index contributed by atoms with van der Waals surface area (Å²) < 4.78 is 20.0. The highest BCUT2D eigenvalue weighted by atomic mass is 19.1. The molecule has 2 N–H and O–H groups in total. The molecule has 0 radical (unpaired) electrons. The number of rotatable bonds is 5. The van der Waals surface area contributed by atoms with Crippen LogP contribution < -0.4 is 5.32 Å². The number of carboxylic acids is 1. The van der Waals surface area contributed by atoms with Crippen molar-refractivity contribution in [2.24, 2.45) is 0 Å². The Bertz CT molecular complexity index is 1160. The van der Waals surface area contributed by atoms with Gasteiger partial charge < -0.3 is 9.84 Å². The second kappa shape index (κ2) is 7.23. The van der Waals surface area contributed by atoms with Gasteiger partial charge in [-0.25, -0.2) is 9.18 Å². The van der Waals surface area contributed by atoms with Gasteiger partial charge in [0.15, 0.2) is 0 Å². The summed E-state index contributed by atoms with van der Waals surface area (Å²) in [7, 11) is 0. The first-order valence-electron chi connectivity index (χ1n) is 10.1. The lowest BCUT2D eigenvalue weighted by Crippen LogP contribution is -2.21. The average molecular weight is 417 g/mol. The van der Waals surface area contributed by atoms with E-state index in [1.54, 1.807) is 0 Å². The smallest absolute Gasteiger partial charge is 0.411 e. The number of benzene rings is 3. The standard InChI is InChI=1S/C25H20FNO4/c26-22-13-15(9-10-21(22)25(11-12-25)23(28)29)27-24(30)31-14-20-18-7-3-1-5-16(18)17-6-2-4-8-19(17)20/h1-10,13,20H,11-12,14H2,(H,27,30)(H,28,29). The number of ether oxygens (including phenoxy) is 1. The molecule has 5 rings (SSSR count). The number of aliphatic carboxylic acids is 1. The number of carbonyl (C=O) groups is 2.